The maximum absolute atomic E-state index is 13.0. The Hall–Kier alpha value is -3.45. The second-order valence-electron chi connectivity index (χ2n) is 6.96. The molecule has 7 heteroatoms. The minimum Gasteiger partial charge on any atom is -0.384 e. The first-order chi connectivity index (χ1) is 14.1. The zero-order chi connectivity index (χ0) is 20.4. The van der Waals surface area contributed by atoms with Gasteiger partial charge in [-0.1, -0.05) is 42.0 Å². The van der Waals surface area contributed by atoms with Crippen molar-refractivity contribution in [3.8, 4) is 0 Å². The number of amides is 1. The van der Waals surface area contributed by atoms with Gasteiger partial charge in [-0.3, -0.25) is 4.79 Å². The average Bonchev–Trinajstić information content (AvgIpc) is 3.00. The number of hydrogen-bond acceptors (Lipinski definition) is 5. The molecule has 0 saturated carbocycles. The predicted octanol–water partition coefficient (Wildman–Crippen LogP) is 3.05. The number of nitrogens with zero attached hydrogens (tertiary/aromatic N) is 3. The number of benzene rings is 2. The molecule has 4 rings (SSSR count). The van der Waals surface area contributed by atoms with Crippen LogP contribution in [-0.2, 0) is 17.8 Å². The number of nitrogens with one attached hydrogen (secondary N) is 1. The number of rotatable bonds is 6. The Balaban J connectivity index is 1.75. The molecule has 0 fully saturated rings. The fourth-order valence-corrected chi connectivity index (χ4v) is 3.33. The van der Waals surface area contributed by atoms with Gasteiger partial charge in [0.1, 0.15) is 16.9 Å². The van der Waals surface area contributed by atoms with Crippen LogP contribution in [0.5, 0.6) is 0 Å². The Labute approximate surface area is 168 Å². The lowest BCUT2D eigenvalue weighted by atomic mass is 10.1. The number of nitrogen functional groups attached to an aromatic ring is 1. The lowest BCUT2D eigenvalue weighted by molar-refractivity contribution is 0.0953. The van der Waals surface area contributed by atoms with Crippen LogP contribution in [0.25, 0.3) is 22.2 Å². The summed E-state index contributed by atoms with van der Waals surface area (Å²) in [6.45, 7) is 3.37. The summed E-state index contributed by atoms with van der Waals surface area (Å²) in [5, 5.41) is 2.95. The summed E-state index contributed by atoms with van der Waals surface area (Å²) in [7, 11) is 1.62. The van der Waals surface area contributed by atoms with E-state index in [-0.39, 0.29) is 5.91 Å². The van der Waals surface area contributed by atoms with Crippen molar-refractivity contribution in [2.45, 2.75) is 20.0 Å². The fraction of sp³-hybridized carbons (Fsp3) is 0.227. The van der Waals surface area contributed by atoms with Crippen LogP contribution in [0.15, 0.2) is 48.5 Å². The number of carbonyl (C=O) groups excluding carboxylic acids is 1. The van der Waals surface area contributed by atoms with E-state index in [1.165, 1.54) is 5.56 Å². The minimum absolute atomic E-state index is 0.270. The van der Waals surface area contributed by atoms with E-state index >= 15 is 0 Å². The summed E-state index contributed by atoms with van der Waals surface area (Å²) in [6, 6.07) is 15.6. The molecule has 0 unspecified atom stereocenters. The third-order valence-corrected chi connectivity index (χ3v) is 4.91. The lowest BCUT2D eigenvalue weighted by Gasteiger charge is -2.08. The van der Waals surface area contributed by atoms with E-state index in [9.17, 15) is 4.79 Å². The zero-order valence-electron chi connectivity index (χ0n) is 16.5. The van der Waals surface area contributed by atoms with Crippen LogP contribution in [0.2, 0.25) is 0 Å². The van der Waals surface area contributed by atoms with E-state index in [0.29, 0.717) is 42.2 Å². The van der Waals surface area contributed by atoms with Gasteiger partial charge in [0.2, 0.25) is 0 Å². The second kappa shape index (κ2) is 7.89. The first-order valence-electron chi connectivity index (χ1n) is 9.45. The van der Waals surface area contributed by atoms with Crippen molar-refractivity contribution in [1.29, 1.82) is 0 Å². The van der Waals surface area contributed by atoms with E-state index in [4.69, 9.17) is 15.5 Å². The molecule has 0 aliphatic heterocycles. The molecule has 0 aliphatic carbocycles. The number of para-hydroxylation sites is 2. The molecule has 0 atom stereocenters. The summed E-state index contributed by atoms with van der Waals surface area (Å²) in [6.07, 6.45) is 0. The summed E-state index contributed by atoms with van der Waals surface area (Å²) in [5.41, 5.74) is 11.5. The molecule has 2 aromatic carbocycles. The average molecular weight is 389 g/mol. The van der Waals surface area contributed by atoms with Gasteiger partial charge in [0.15, 0.2) is 5.65 Å². The van der Waals surface area contributed by atoms with Crippen molar-refractivity contribution in [1.82, 2.24) is 19.9 Å². The summed E-state index contributed by atoms with van der Waals surface area (Å²) in [4.78, 5) is 22.4. The minimum atomic E-state index is -0.270. The van der Waals surface area contributed by atoms with Gasteiger partial charge in [-0.25, -0.2) is 9.97 Å². The van der Waals surface area contributed by atoms with Crippen LogP contribution in [-0.4, -0.2) is 34.2 Å². The maximum Gasteiger partial charge on any atom is 0.257 e. The van der Waals surface area contributed by atoms with Crippen molar-refractivity contribution in [2.75, 3.05) is 19.5 Å². The summed E-state index contributed by atoms with van der Waals surface area (Å²) in [5.74, 6) is 0.0718. The topological polar surface area (TPSA) is 95.1 Å². The van der Waals surface area contributed by atoms with Crippen LogP contribution >= 0.6 is 0 Å². The highest BCUT2D eigenvalue weighted by atomic mass is 16.5. The number of hydrogen-bond donors (Lipinski definition) is 2. The normalized spacial score (nSPS) is 11.2. The fourth-order valence-electron chi connectivity index (χ4n) is 3.33. The molecule has 3 N–H and O–H groups in total. The smallest absolute Gasteiger partial charge is 0.257 e. The van der Waals surface area contributed by atoms with Gasteiger partial charge < -0.3 is 20.4 Å². The van der Waals surface area contributed by atoms with Crippen molar-refractivity contribution in [3.05, 3.63) is 65.2 Å². The van der Waals surface area contributed by atoms with Crippen molar-refractivity contribution >= 4 is 33.9 Å². The molecule has 0 bridgehead atoms. The highest BCUT2D eigenvalue weighted by molar-refractivity contribution is 6.10. The van der Waals surface area contributed by atoms with Crippen molar-refractivity contribution in [3.63, 3.8) is 0 Å². The molecule has 148 valence electrons. The predicted molar refractivity (Wildman–Crippen MR) is 114 cm³/mol. The van der Waals surface area contributed by atoms with Gasteiger partial charge in [0.25, 0.3) is 5.91 Å². The number of fused-ring (bicyclic) bond motifs is 2. The quantitative estimate of drug-likeness (QED) is 0.528. The van der Waals surface area contributed by atoms with Gasteiger partial charge in [-0.05, 0) is 24.6 Å². The summed E-state index contributed by atoms with van der Waals surface area (Å²) >= 11 is 0. The van der Waals surface area contributed by atoms with Crippen LogP contribution < -0.4 is 11.1 Å². The second-order valence-corrected chi connectivity index (χ2v) is 6.96. The third-order valence-electron chi connectivity index (χ3n) is 4.91. The summed E-state index contributed by atoms with van der Waals surface area (Å²) < 4.78 is 6.99. The zero-order valence-corrected chi connectivity index (χ0v) is 16.5. The Bertz CT molecular complexity index is 1180. The van der Waals surface area contributed by atoms with Crippen LogP contribution in [0.4, 0.5) is 5.82 Å². The van der Waals surface area contributed by atoms with Crippen molar-refractivity contribution < 1.29 is 9.53 Å². The SMILES string of the molecule is COCCn1c(N)c(C(=O)NCc2ccc(C)cc2)c2nc3ccccc3nc21. The third kappa shape index (κ3) is 3.64. The first kappa shape index (κ1) is 18.9. The van der Waals surface area contributed by atoms with Crippen LogP contribution in [0.3, 0.4) is 0 Å². The highest BCUT2D eigenvalue weighted by Gasteiger charge is 2.23. The Morgan fingerprint density at radius 3 is 2.48 bits per heavy atom. The van der Waals surface area contributed by atoms with Gasteiger partial charge in [-0.2, -0.15) is 0 Å². The standard InChI is InChI=1S/C22H23N5O2/c1-14-7-9-15(10-8-14)13-24-22(28)18-19-21(27(20(18)23)11-12-29-2)26-17-6-4-3-5-16(17)25-19/h3-10H,11-13,23H2,1-2H3,(H,24,28). The van der Waals surface area contributed by atoms with Gasteiger partial charge in [0, 0.05) is 20.2 Å². The molecular formula is C22H23N5O2. The number of ether oxygens (including phenoxy) is 1. The van der Waals surface area contributed by atoms with E-state index in [1.54, 1.807) is 11.7 Å². The first-order valence-corrected chi connectivity index (χ1v) is 9.45. The van der Waals surface area contributed by atoms with Gasteiger partial charge in [0.05, 0.1) is 17.6 Å². The molecule has 7 nitrogen and oxygen atoms in total. The van der Waals surface area contributed by atoms with E-state index in [0.717, 1.165) is 16.6 Å². The monoisotopic (exact) mass is 389 g/mol. The van der Waals surface area contributed by atoms with E-state index in [2.05, 4.69) is 10.3 Å². The van der Waals surface area contributed by atoms with Crippen LogP contribution in [0, 0.1) is 6.92 Å². The highest BCUT2D eigenvalue weighted by Crippen LogP contribution is 2.27. The Kier molecular flexibility index (Phi) is 5.14. The molecular weight excluding hydrogens is 366 g/mol. The molecule has 0 saturated heterocycles. The lowest BCUT2D eigenvalue weighted by Crippen LogP contribution is -2.24. The molecule has 0 radical (unpaired) electrons. The van der Waals surface area contributed by atoms with Crippen LogP contribution in [0.1, 0.15) is 21.5 Å². The Morgan fingerprint density at radius 1 is 1.10 bits per heavy atom. The van der Waals surface area contributed by atoms with E-state index in [1.807, 2.05) is 55.5 Å². The number of aromatic nitrogens is 3. The number of aryl methyl sites for hydroxylation is 1. The van der Waals surface area contributed by atoms with Gasteiger partial charge in [-0.15, -0.1) is 0 Å². The van der Waals surface area contributed by atoms with E-state index < -0.39 is 0 Å². The molecule has 29 heavy (non-hydrogen) atoms. The molecule has 0 aliphatic rings. The largest absolute Gasteiger partial charge is 0.384 e. The van der Waals surface area contributed by atoms with Gasteiger partial charge >= 0.3 is 0 Å². The number of nitrogens with two attached hydrogens (primary N) is 1. The molecule has 0 spiro atoms. The molecule has 2 aromatic heterocycles. The molecule has 1 amide bonds. The van der Waals surface area contributed by atoms with Crippen molar-refractivity contribution in [2.24, 2.45) is 0 Å². The molecule has 4 aromatic rings. The Morgan fingerprint density at radius 2 is 1.79 bits per heavy atom. The number of methoxy groups -OCH3 is 1. The number of anilines is 1. The number of carbonyl (C=O) groups is 1. The maximum atomic E-state index is 13.0. The molecule has 2 heterocycles.